The van der Waals surface area contributed by atoms with Crippen LogP contribution in [0.25, 0.3) is 0 Å². The molecular weight excluding hydrogens is 460 g/mol. The minimum atomic E-state index is -3.42. The fourth-order valence-corrected chi connectivity index (χ4v) is 6.63. The first kappa shape index (κ1) is 21.8. The molecule has 1 saturated heterocycles. The average Bonchev–Trinajstić information content (AvgIpc) is 2.68. The summed E-state index contributed by atoms with van der Waals surface area (Å²) < 4.78 is 28.1. The summed E-state index contributed by atoms with van der Waals surface area (Å²) in [6, 6.07) is 15.8. The summed E-state index contributed by atoms with van der Waals surface area (Å²) in [4.78, 5) is 2.90. The number of hydrogen-bond donors (Lipinski definition) is 0. The summed E-state index contributed by atoms with van der Waals surface area (Å²) in [7, 11) is -3.42. The highest BCUT2D eigenvalue weighted by atomic mass is 79.9. The molecule has 4 rings (SSSR count). The average molecular weight is 486 g/mol. The van der Waals surface area contributed by atoms with Gasteiger partial charge in [-0.1, -0.05) is 36.4 Å². The van der Waals surface area contributed by atoms with Crippen LogP contribution in [0.1, 0.15) is 24.0 Å². The van der Waals surface area contributed by atoms with Gasteiger partial charge >= 0.3 is 0 Å². The Morgan fingerprint density at radius 3 is 2.29 bits per heavy atom. The van der Waals surface area contributed by atoms with Gasteiger partial charge in [-0.25, -0.2) is 8.42 Å². The molecule has 152 valence electrons. The van der Waals surface area contributed by atoms with E-state index in [9.17, 15) is 8.42 Å². The molecule has 0 spiro atoms. The molecule has 7 heteroatoms. The summed E-state index contributed by atoms with van der Waals surface area (Å²) in [5, 5.41) is 0. The van der Waals surface area contributed by atoms with Crippen molar-refractivity contribution in [2.45, 2.75) is 30.7 Å². The number of rotatable bonds is 4. The van der Waals surface area contributed by atoms with Crippen molar-refractivity contribution in [3.63, 3.8) is 0 Å². The molecule has 0 radical (unpaired) electrons. The Kier molecular flexibility index (Phi) is 7.21. The van der Waals surface area contributed by atoms with Gasteiger partial charge in [0.1, 0.15) is 0 Å². The lowest BCUT2D eigenvalue weighted by Gasteiger charge is -2.36. The van der Waals surface area contributed by atoms with Gasteiger partial charge in [0.05, 0.1) is 4.90 Å². The second-order valence-electron chi connectivity index (χ2n) is 7.53. The molecule has 28 heavy (non-hydrogen) atoms. The Hall–Kier alpha value is -0.920. The maximum Gasteiger partial charge on any atom is 0.244 e. The van der Waals surface area contributed by atoms with Crippen molar-refractivity contribution in [3.05, 3.63) is 64.1 Å². The third-order valence-corrected chi connectivity index (χ3v) is 8.66. The van der Waals surface area contributed by atoms with Crippen molar-refractivity contribution < 1.29 is 8.42 Å². The highest BCUT2D eigenvalue weighted by Crippen LogP contribution is 2.29. The van der Waals surface area contributed by atoms with Gasteiger partial charge in [-0.15, -0.1) is 12.4 Å². The molecule has 0 amide bonds. The van der Waals surface area contributed by atoms with E-state index in [0.717, 1.165) is 38.9 Å². The number of benzene rings is 2. The fourth-order valence-electron chi connectivity index (χ4n) is 4.20. The van der Waals surface area contributed by atoms with Crippen molar-refractivity contribution in [2.75, 3.05) is 26.2 Å². The van der Waals surface area contributed by atoms with E-state index >= 15 is 0 Å². The highest BCUT2D eigenvalue weighted by molar-refractivity contribution is 9.10. The summed E-state index contributed by atoms with van der Waals surface area (Å²) >= 11 is 3.38. The van der Waals surface area contributed by atoms with Crippen LogP contribution in [-0.4, -0.2) is 43.8 Å². The molecule has 2 aromatic rings. The lowest BCUT2D eigenvalue weighted by molar-refractivity contribution is 0.171. The van der Waals surface area contributed by atoms with E-state index in [0.29, 0.717) is 28.4 Å². The molecule has 2 aliphatic heterocycles. The largest absolute Gasteiger partial charge is 0.298 e. The van der Waals surface area contributed by atoms with Gasteiger partial charge in [-0.3, -0.25) is 4.90 Å². The van der Waals surface area contributed by atoms with E-state index in [1.807, 2.05) is 6.07 Å². The molecular formula is C21H26BrClN2O2S. The molecule has 0 unspecified atom stereocenters. The molecule has 4 nitrogen and oxygen atoms in total. The van der Waals surface area contributed by atoms with Crippen LogP contribution in [0.15, 0.2) is 57.9 Å². The van der Waals surface area contributed by atoms with Crippen molar-refractivity contribution in [3.8, 4) is 0 Å². The van der Waals surface area contributed by atoms with Crippen LogP contribution in [-0.2, 0) is 23.0 Å². The van der Waals surface area contributed by atoms with Crippen molar-refractivity contribution in [2.24, 2.45) is 5.92 Å². The smallest absolute Gasteiger partial charge is 0.244 e. The minimum Gasteiger partial charge on any atom is -0.298 e. The zero-order valence-corrected chi connectivity index (χ0v) is 19.0. The molecule has 0 aromatic heterocycles. The predicted molar refractivity (Wildman–Crippen MR) is 118 cm³/mol. The van der Waals surface area contributed by atoms with Crippen LogP contribution in [0.2, 0.25) is 0 Å². The van der Waals surface area contributed by atoms with E-state index in [1.54, 1.807) is 22.5 Å². The monoisotopic (exact) mass is 484 g/mol. The van der Waals surface area contributed by atoms with Gasteiger partial charge in [0, 0.05) is 37.2 Å². The van der Waals surface area contributed by atoms with Crippen LogP contribution >= 0.6 is 28.3 Å². The summed E-state index contributed by atoms with van der Waals surface area (Å²) in [6.45, 7) is 4.41. The SMILES string of the molecule is Cl.O=S(=O)(c1ccccc1Br)N1CCC(CN2CCc3ccccc3C2)CC1. The molecule has 0 bridgehead atoms. The number of nitrogens with zero attached hydrogens (tertiary/aromatic N) is 2. The van der Waals surface area contributed by atoms with Gasteiger partial charge in [0.25, 0.3) is 0 Å². The lowest BCUT2D eigenvalue weighted by atomic mass is 9.94. The summed E-state index contributed by atoms with van der Waals surface area (Å²) in [5.74, 6) is 0.570. The Bertz CT molecular complexity index is 914. The number of fused-ring (bicyclic) bond motifs is 1. The van der Waals surface area contributed by atoms with Crippen molar-refractivity contribution >= 4 is 38.4 Å². The fraction of sp³-hybridized carbons (Fsp3) is 0.429. The first-order chi connectivity index (χ1) is 13.0. The lowest BCUT2D eigenvalue weighted by Crippen LogP contribution is -2.42. The molecule has 0 saturated carbocycles. The predicted octanol–water partition coefficient (Wildman–Crippen LogP) is 4.33. The van der Waals surface area contributed by atoms with Crippen LogP contribution in [0, 0.1) is 5.92 Å². The van der Waals surface area contributed by atoms with Gasteiger partial charge in [0.2, 0.25) is 10.0 Å². The maximum absolute atomic E-state index is 12.9. The van der Waals surface area contributed by atoms with Crippen LogP contribution in [0.5, 0.6) is 0 Å². The van der Waals surface area contributed by atoms with E-state index < -0.39 is 10.0 Å². The summed E-state index contributed by atoms with van der Waals surface area (Å²) in [6.07, 6.45) is 2.98. The van der Waals surface area contributed by atoms with Gasteiger partial charge in [-0.05, 0) is 64.4 Å². The standard InChI is InChI=1S/C21H25BrN2O2S.ClH/c22-20-7-3-4-8-21(20)27(25,26)24-13-9-17(10-14-24)15-23-12-11-18-5-1-2-6-19(18)16-23;/h1-8,17H,9-16H2;1H. The third-order valence-electron chi connectivity index (χ3n) is 5.75. The molecule has 2 heterocycles. The van der Waals surface area contributed by atoms with Gasteiger partial charge in [-0.2, -0.15) is 4.31 Å². The van der Waals surface area contributed by atoms with Crippen LogP contribution in [0.3, 0.4) is 0 Å². The first-order valence-electron chi connectivity index (χ1n) is 9.58. The number of hydrogen-bond acceptors (Lipinski definition) is 3. The Balaban J connectivity index is 0.00000225. The molecule has 0 N–H and O–H groups in total. The number of sulfonamides is 1. The molecule has 2 aromatic carbocycles. The first-order valence-corrected chi connectivity index (χ1v) is 11.8. The van der Waals surface area contributed by atoms with E-state index in [-0.39, 0.29) is 12.4 Å². The van der Waals surface area contributed by atoms with Crippen molar-refractivity contribution in [1.82, 2.24) is 9.21 Å². The second-order valence-corrected chi connectivity index (χ2v) is 10.3. The van der Waals surface area contributed by atoms with Crippen molar-refractivity contribution in [1.29, 1.82) is 0 Å². The number of halogens is 2. The van der Waals surface area contributed by atoms with E-state index in [4.69, 9.17) is 0 Å². The Morgan fingerprint density at radius 1 is 0.929 bits per heavy atom. The summed E-state index contributed by atoms with van der Waals surface area (Å²) in [5.41, 5.74) is 2.92. The third kappa shape index (κ3) is 4.62. The zero-order chi connectivity index (χ0) is 18.9. The van der Waals surface area contributed by atoms with Gasteiger partial charge in [0.15, 0.2) is 0 Å². The highest BCUT2D eigenvalue weighted by Gasteiger charge is 2.31. The van der Waals surface area contributed by atoms with E-state index in [2.05, 4.69) is 45.1 Å². The molecule has 1 fully saturated rings. The Morgan fingerprint density at radius 2 is 1.57 bits per heavy atom. The molecule has 2 aliphatic rings. The van der Waals surface area contributed by atoms with Gasteiger partial charge < -0.3 is 0 Å². The zero-order valence-electron chi connectivity index (χ0n) is 15.8. The quantitative estimate of drug-likeness (QED) is 0.647. The normalized spacial score (nSPS) is 19.0. The topological polar surface area (TPSA) is 40.6 Å². The number of piperidine rings is 1. The molecule has 0 atom stereocenters. The van der Waals surface area contributed by atoms with E-state index in [1.165, 1.54) is 11.1 Å². The second kappa shape index (κ2) is 9.26. The molecule has 0 aliphatic carbocycles. The minimum absolute atomic E-state index is 0. The van der Waals surface area contributed by atoms with Crippen LogP contribution in [0.4, 0.5) is 0 Å². The maximum atomic E-state index is 12.9. The Labute approximate surface area is 182 Å². The van der Waals surface area contributed by atoms with Crippen LogP contribution < -0.4 is 0 Å².